The van der Waals surface area contributed by atoms with Crippen LogP contribution in [0.5, 0.6) is 11.5 Å². The van der Waals surface area contributed by atoms with Gasteiger partial charge in [0, 0.05) is 20.0 Å². The van der Waals surface area contributed by atoms with Gasteiger partial charge in [-0.3, -0.25) is 4.79 Å². The van der Waals surface area contributed by atoms with Crippen molar-refractivity contribution in [3.63, 3.8) is 0 Å². The average molecular weight is 289 g/mol. The molecule has 1 aromatic carbocycles. The van der Waals surface area contributed by atoms with E-state index < -0.39 is 0 Å². The van der Waals surface area contributed by atoms with Crippen LogP contribution >= 0.6 is 0 Å². The molecule has 1 saturated carbocycles. The van der Waals surface area contributed by atoms with Gasteiger partial charge in [-0.05, 0) is 36.5 Å². The Balaban J connectivity index is 1.65. The lowest BCUT2D eigenvalue weighted by Crippen LogP contribution is -2.33. The standard InChI is InChI=1S/C17H23NO3/c1-13(19)18(10-14-5-3-2-4-6-14)11-15-7-8-16-17(9-15)21-12-20-16/h7-9,14H,2-6,10-12H2,1H3. The quantitative estimate of drug-likeness (QED) is 0.853. The molecule has 0 atom stereocenters. The van der Waals surface area contributed by atoms with E-state index in [1.165, 1.54) is 32.1 Å². The number of carbonyl (C=O) groups excluding carboxylic acids is 1. The van der Waals surface area contributed by atoms with Crippen LogP contribution in [0.2, 0.25) is 0 Å². The van der Waals surface area contributed by atoms with Gasteiger partial charge < -0.3 is 14.4 Å². The SMILES string of the molecule is CC(=O)N(Cc1ccc2c(c1)OCO2)CC1CCCCC1. The summed E-state index contributed by atoms with van der Waals surface area (Å²) in [6.07, 6.45) is 6.47. The fraction of sp³-hybridized carbons (Fsp3) is 0.588. The number of amides is 1. The molecular weight excluding hydrogens is 266 g/mol. The lowest BCUT2D eigenvalue weighted by Gasteiger charge is -2.29. The van der Waals surface area contributed by atoms with Crippen LogP contribution in [0.25, 0.3) is 0 Å². The average Bonchev–Trinajstić information content (AvgIpc) is 2.95. The van der Waals surface area contributed by atoms with Crippen molar-refractivity contribution >= 4 is 5.91 Å². The minimum absolute atomic E-state index is 0.151. The molecule has 2 aliphatic rings. The highest BCUT2D eigenvalue weighted by Gasteiger charge is 2.20. The maximum Gasteiger partial charge on any atom is 0.231 e. The van der Waals surface area contributed by atoms with Gasteiger partial charge in [0.15, 0.2) is 11.5 Å². The number of nitrogens with zero attached hydrogens (tertiary/aromatic N) is 1. The summed E-state index contributed by atoms with van der Waals surface area (Å²) >= 11 is 0. The molecule has 1 fully saturated rings. The van der Waals surface area contributed by atoms with Crippen LogP contribution in [0.1, 0.15) is 44.6 Å². The molecule has 1 aliphatic carbocycles. The molecule has 3 rings (SSSR count). The van der Waals surface area contributed by atoms with Crippen molar-refractivity contribution in [2.45, 2.75) is 45.6 Å². The zero-order valence-corrected chi connectivity index (χ0v) is 12.6. The second kappa shape index (κ2) is 6.37. The van der Waals surface area contributed by atoms with E-state index in [0.717, 1.165) is 23.6 Å². The van der Waals surface area contributed by atoms with Crippen molar-refractivity contribution in [2.24, 2.45) is 5.92 Å². The summed E-state index contributed by atoms with van der Waals surface area (Å²) in [5, 5.41) is 0. The van der Waals surface area contributed by atoms with Crippen LogP contribution in [-0.4, -0.2) is 24.1 Å². The third-order valence-corrected chi connectivity index (χ3v) is 4.46. The van der Waals surface area contributed by atoms with E-state index in [4.69, 9.17) is 9.47 Å². The molecule has 4 nitrogen and oxygen atoms in total. The first-order valence-electron chi connectivity index (χ1n) is 7.86. The lowest BCUT2D eigenvalue weighted by atomic mass is 9.89. The van der Waals surface area contributed by atoms with Crippen LogP contribution in [0.3, 0.4) is 0 Å². The van der Waals surface area contributed by atoms with Gasteiger partial charge >= 0.3 is 0 Å². The summed E-state index contributed by atoms with van der Waals surface area (Å²) in [6.45, 7) is 3.49. The molecule has 1 heterocycles. The van der Waals surface area contributed by atoms with Crippen LogP contribution in [0, 0.1) is 5.92 Å². The van der Waals surface area contributed by atoms with E-state index in [-0.39, 0.29) is 12.7 Å². The van der Waals surface area contributed by atoms with Crippen molar-refractivity contribution in [3.8, 4) is 11.5 Å². The summed E-state index contributed by atoms with van der Waals surface area (Å²) in [6, 6.07) is 5.93. The van der Waals surface area contributed by atoms with Crippen LogP contribution in [0.15, 0.2) is 18.2 Å². The molecule has 0 saturated heterocycles. The maximum absolute atomic E-state index is 11.9. The van der Waals surface area contributed by atoms with Crippen molar-refractivity contribution in [2.75, 3.05) is 13.3 Å². The largest absolute Gasteiger partial charge is 0.454 e. The third-order valence-electron chi connectivity index (χ3n) is 4.46. The van der Waals surface area contributed by atoms with Gasteiger partial charge in [0.25, 0.3) is 0 Å². The highest BCUT2D eigenvalue weighted by atomic mass is 16.7. The maximum atomic E-state index is 11.9. The zero-order chi connectivity index (χ0) is 14.7. The number of rotatable bonds is 4. The molecule has 21 heavy (non-hydrogen) atoms. The van der Waals surface area contributed by atoms with Gasteiger partial charge in [-0.1, -0.05) is 25.3 Å². The Morgan fingerprint density at radius 2 is 1.95 bits per heavy atom. The number of benzene rings is 1. The Hall–Kier alpha value is -1.71. The summed E-state index contributed by atoms with van der Waals surface area (Å²) in [5.74, 6) is 2.39. The highest BCUT2D eigenvalue weighted by Crippen LogP contribution is 2.33. The first-order chi connectivity index (χ1) is 10.2. The molecule has 1 amide bonds. The zero-order valence-electron chi connectivity index (χ0n) is 12.6. The summed E-state index contributed by atoms with van der Waals surface area (Å²) in [4.78, 5) is 13.9. The van der Waals surface area contributed by atoms with Crippen LogP contribution < -0.4 is 9.47 Å². The molecule has 0 unspecified atom stereocenters. The monoisotopic (exact) mass is 289 g/mol. The third kappa shape index (κ3) is 3.49. The van der Waals surface area contributed by atoms with Crippen molar-refractivity contribution < 1.29 is 14.3 Å². The van der Waals surface area contributed by atoms with Crippen molar-refractivity contribution in [1.29, 1.82) is 0 Å². The Morgan fingerprint density at radius 1 is 1.19 bits per heavy atom. The number of carbonyl (C=O) groups is 1. The summed E-state index contributed by atoms with van der Waals surface area (Å²) in [5.41, 5.74) is 1.10. The molecule has 0 N–H and O–H groups in total. The number of hydrogen-bond acceptors (Lipinski definition) is 3. The van der Waals surface area contributed by atoms with E-state index in [9.17, 15) is 4.79 Å². The van der Waals surface area contributed by atoms with Gasteiger partial charge in [0.05, 0.1) is 0 Å². The van der Waals surface area contributed by atoms with E-state index in [0.29, 0.717) is 12.5 Å². The van der Waals surface area contributed by atoms with Crippen molar-refractivity contribution in [3.05, 3.63) is 23.8 Å². The Bertz CT molecular complexity index is 509. The molecule has 0 bridgehead atoms. The molecule has 114 valence electrons. The van der Waals surface area contributed by atoms with Crippen LogP contribution in [-0.2, 0) is 11.3 Å². The number of hydrogen-bond donors (Lipinski definition) is 0. The second-order valence-electron chi connectivity index (χ2n) is 6.09. The fourth-order valence-electron chi connectivity index (χ4n) is 3.25. The predicted octanol–water partition coefficient (Wildman–Crippen LogP) is 3.34. The first kappa shape index (κ1) is 14.2. The van der Waals surface area contributed by atoms with E-state index >= 15 is 0 Å². The van der Waals surface area contributed by atoms with Gasteiger partial charge in [0.1, 0.15) is 0 Å². The Labute approximate surface area is 126 Å². The first-order valence-corrected chi connectivity index (χ1v) is 7.86. The van der Waals surface area contributed by atoms with E-state index in [1.807, 2.05) is 23.1 Å². The topological polar surface area (TPSA) is 38.8 Å². The van der Waals surface area contributed by atoms with Gasteiger partial charge in [-0.2, -0.15) is 0 Å². The number of fused-ring (bicyclic) bond motifs is 1. The molecule has 0 spiro atoms. The van der Waals surface area contributed by atoms with Crippen LogP contribution in [0.4, 0.5) is 0 Å². The molecule has 1 aliphatic heterocycles. The second-order valence-corrected chi connectivity index (χ2v) is 6.09. The van der Waals surface area contributed by atoms with E-state index in [2.05, 4.69) is 0 Å². The molecular formula is C17H23NO3. The van der Waals surface area contributed by atoms with Gasteiger partial charge in [-0.15, -0.1) is 0 Å². The molecule has 4 heteroatoms. The fourth-order valence-corrected chi connectivity index (χ4v) is 3.25. The molecule has 0 aromatic heterocycles. The Kier molecular flexibility index (Phi) is 4.32. The lowest BCUT2D eigenvalue weighted by molar-refractivity contribution is -0.130. The van der Waals surface area contributed by atoms with Gasteiger partial charge in [0.2, 0.25) is 12.7 Å². The molecule has 1 aromatic rings. The normalized spacial score (nSPS) is 17.8. The van der Waals surface area contributed by atoms with Gasteiger partial charge in [-0.25, -0.2) is 0 Å². The summed E-state index contributed by atoms with van der Waals surface area (Å²) < 4.78 is 10.7. The highest BCUT2D eigenvalue weighted by molar-refractivity contribution is 5.73. The minimum Gasteiger partial charge on any atom is -0.454 e. The van der Waals surface area contributed by atoms with Crippen molar-refractivity contribution in [1.82, 2.24) is 4.90 Å². The summed E-state index contributed by atoms with van der Waals surface area (Å²) in [7, 11) is 0. The number of ether oxygens (including phenoxy) is 2. The van der Waals surface area contributed by atoms with E-state index in [1.54, 1.807) is 6.92 Å². The Morgan fingerprint density at radius 3 is 2.71 bits per heavy atom. The smallest absolute Gasteiger partial charge is 0.231 e. The minimum atomic E-state index is 0.151. The predicted molar refractivity (Wildman–Crippen MR) is 80.2 cm³/mol. The molecule has 0 radical (unpaired) electrons.